The lowest BCUT2D eigenvalue weighted by atomic mass is 9.86. The molecule has 2 amide bonds. The number of nitrogens with two attached hydrogens (primary N) is 1. The Hall–Kier alpha value is -0.810. The maximum absolute atomic E-state index is 12.4. The van der Waals surface area contributed by atoms with E-state index in [0.29, 0.717) is 19.6 Å². The monoisotopic (exact) mass is 333 g/mol. The van der Waals surface area contributed by atoms with E-state index < -0.39 is 0 Å². The first-order valence-corrected chi connectivity index (χ1v) is 8.02. The third-order valence-electron chi connectivity index (χ3n) is 4.78. The molecule has 1 aliphatic rings. The van der Waals surface area contributed by atoms with Crippen molar-refractivity contribution < 1.29 is 9.59 Å². The van der Waals surface area contributed by atoms with Gasteiger partial charge in [-0.3, -0.25) is 9.59 Å². The van der Waals surface area contributed by atoms with Gasteiger partial charge in [-0.25, -0.2) is 0 Å². The lowest BCUT2D eigenvalue weighted by Crippen LogP contribution is -2.57. The summed E-state index contributed by atoms with van der Waals surface area (Å²) in [6.07, 6.45) is 1.48. The van der Waals surface area contributed by atoms with Crippen LogP contribution in [0.4, 0.5) is 0 Å². The number of nitrogens with zero attached hydrogens (tertiary/aromatic N) is 1. The fourth-order valence-electron chi connectivity index (χ4n) is 2.54. The number of rotatable bonds is 5. The van der Waals surface area contributed by atoms with Gasteiger partial charge in [-0.2, -0.15) is 0 Å². The van der Waals surface area contributed by atoms with Gasteiger partial charge in [0.05, 0.1) is 5.54 Å². The number of hydrogen-bond acceptors (Lipinski definition) is 3. The zero-order valence-corrected chi connectivity index (χ0v) is 15.3. The van der Waals surface area contributed by atoms with Crippen molar-refractivity contribution in [1.29, 1.82) is 0 Å². The minimum Gasteiger partial charge on any atom is -0.349 e. The van der Waals surface area contributed by atoms with E-state index in [0.717, 1.165) is 12.8 Å². The van der Waals surface area contributed by atoms with Crippen molar-refractivity contribution in [2.45, 2.75) is 53.0 Å². The number of hydrogen-bond donors (Lipinski definition) is 2. The van der Waals surface area contributed by atoms with E-state index >= 15 is 0 Å². The lowest BCUT2D eigenvalue weighted by molar-refractivity contribution is -0.138. The van der Waals surface area contributed by atoms with Crippen LogP contribution in [0.25, 0.3) is 0 Å². The molecule has 1 saturated heterocycles. The summed E-state index contributed by atoms with van der Waals surface area (Å²) in [5.41, 5.74) is 5.45. The van der Waals surface area contributed by atoms with Crippen LogP contribution in [0.5, 0.6) is 0 Å². The summed E-state index contributed by atoms with van der Waals surface area (Å²) >= 11 is 0. The molecule has 22 heavy (non-hydrogen) atoms. The molecule has 0 aromatic rings. The van der Waals surface area contributed by atoms with E-state index in [4.69, 9.17) is 5.73 Å². The molecule has 1 unspecified atom stereocenters. The van der Waals surface area contributed by atoms with Crippen molar-refractivity contribution in [1.82, 2.24) is 10.2 Å². The minimum atomic E-state index is -0.359. The van der Waals surface area contributed by atoms with E-state index in [2.05, 4.69) is 19.2 Å². The quantitative estimate of drug-likeness (QED) is 0.805. The number of carbonyl (C=O) groups excluding carboxylic acids is 2. The summed E-state index contributed by atoms with van der Waals surface area (Å²) < 4.78 is 0. The van der Waals surface area contributed by atoms with E-state index in [1.54, 1.807) is 0 Å². The van der Waals surface area contributed by atoms with E-state index in [1.807, 2.05) is 25.7 Å². The first kappa shape index (κ1) is 21.2. The van der Waals surface area contributed by atoms with Gasteiger partial charge in [0.2, 0.25) is 11.8 Å². The van der Waals surface area contributed by atoms with Crippen LogP contribution in [-0.2, 0) is 9.59 Å². The molecule has 1 aliphatic heterocycles. The SMILES string of the molecule is CC(C)C(=O)N1CCC(C(=O)NC(C)(CN)C(C)C)CC1.Cl. The molecule has 1 heterocycles. The molecule has 0 saturated carbocycles. The maximum atomic E-state index is 12.4. The largest absolute Gasteiger partial charge is 0.349 e. The molecule has 130 valence electrons. The third-order valence-corrected chi connectivity index (χ3v) is 4.78. The van der Waals surface area contributed by atoms with Gasteiger partial charge in [-0.05, 0) is 25.7 Å². The average molecular weight is 334 g/mol. The third kappa shape index (κ3) is 5.13. The van der Waals surface area contributed by atoms with Crippen LogP contribution in [0, 0.1) is 17.8 Å². The van der Waals surface area contributed by atoms with Gasteiger partial charge in [-0.1, -0.05) is 27.7 Å². The van der Waals surface area contributed by atoms with Crippen LogP contribution in [0.1, 0.15) is 47.5 Å². The van der Waals surface area contributed by atoms with Crippen molar-refractivity contribution >= 4 is 24.2 Å². The van der Waals surface area contributed by atoms with E-state index in [9.17, 15) is 9.59 Å². The Morgan fingerprint density at radius 2 is 1.73 bits per heavy atom. The second-order valence-corrected chi connectivity index (χ2v) is 7.02. The van der Waals surface area contributed by atoms with Crippen LogP contribution >= 0.6 is 12.4 Å². The summed E-state index contributed by atoms with van der Waals surface area (Å²) in [7, 11) is 0. The van der Waals surface area contributed by atoms with Crippen molar-refractivity contribution in [2.24, 2.45) is 23.5 Å². The van der Waals surface area contributed by atoms with Crippen LogP contribution < -0.4 is 11.1 Å². The van der Waals surface area contributed by atoms with Gasteiger partial charge in [0.15, 0.2) is 0 Å². The van der Waals surface area contributed by atoms with Gasteiger partial charge in [0.1, 0.15) is 0 Å². The van der Waals surface area contributed by atoms with Crippen molar-refractivity contribution in [3.8, 4) is 0 Å². The fraction of sp³-hybridized carbons (Fsp3) is 0.875. The van der Waals surface area contributed by atoms with Crippen LogP contribution in [0.3, 0.4) is 0 Å². The number of carbonyl (C=O) groups is 2. The molecule has 0 aromatic carbocycles. The summed E-state index contributed by atoms with van der Waals surface area (Å²) in [5, 5.41) is 3.11. The summed E-state index contributed by atoms with van der Waals surface area (Å²) in [6, 6.07) is 0. The number of likely N-dealkylation sites (tertiary alicyclic amines) is 1. The second kappa shape index (κ2) is 8.73. The molecule has 3 N–H and O–H groups in total. The van der Waals surface area contributed by atoms with Gasteiger partial charge >= 0.3 is 0 Å². The molecule has 0 aromatic heterocycles. The second-order valence-electron chi connectivity index (χ2n) is 7.02. The standard InChI is InChI=1S/C16H31N3O2.ClH/c1-11(2)15(21)19-8-6-13(7-9-19)14(20)18-16(5,10-17)12(3)4;/h11-13H,6-10,17H2,1-5H3,(H,18,20);1H. The summed E-state index contributed by atoms with van der Waals surface area (Å²) in [4.78, 5) is 26.2. The molecular weight excluding hydrogens is 302 g/mol. The first-order valence-electron chi connectivity index (χ1n) is 8.02. The van der Waals surface area contributed by atoms with Crippen molar-refractivity contribution in [3.63, 3.8) is 0 Å². The Morgan fingerprint density at radius 3 is 2.09 bits per heavy atom. The van der Waals surface area contributed by atoms with Gasteiger partial charge < -0.3 is 16.0 Å². The minimum absolute atomic E-state index is 0. The predicted octanol–water partition coefficient (Wildman–Crippen LogP) is 1.79. The molecule has 5 nitrogen and oxygen atoms in total. The smallest absolute Gasteiger partial charge is 0.225 e. The molecule has 0 radical (unpaired) electrons. The highest BCUT2D eigenvalue weighted by Gasteiger charge is 2.33. The molecule has 0 aliphatic carbocycles. The molecular formula is C16H32ClN3O2. The van der Waals surface area contributed by atoms with Gasteiger partial charge in [0.25, 0.3) is 0 Å². The van der Waals surface area contributed by atoms with Crippen LogP contribution in [0.2, 0.25) is 0 Å². The highest BCUT2D eigenvalue weighted by Crippen LogP contribution is 2.22. The van der Waals surface area contributed by atoms with Gasteiger partial charge in [-0.15, -0.1) is 12.4 Å². The first-order chi connectivity index (χ1) is 9.71. The Kier molecular flexibility index (Phi) is 8.40. The molecule has 6 heteroatoms. The molecule has 1 atom stereocenters. The van der Waals surface area contributed by atoms with E-state index in [1.165, 1.54) is 0 Å². The van der Waals surface area contributed by atoms with Crippen molar-refractivity contribution in [2.75, 3.05) is 19.6 Å². The Balaban J connectivity index is 0.00000441. The summed E-state index contributed by atoms with van der Waals surface area (Å²) in [6.45, 7) is 11.7. The molecule has 0 bridgehead atoms. The van der Waals surface area contributed by atoms with Gasteiger partial charge in [0, 0.05) is 31.5 Å². The fourth-order valence-corrected chi connectivity index (χ4v) is 2.54. The average Bonchev–Trinajstić information content (AvgIpc) is 2.46. The predicted molar refractivity (Wildman–Crippen MR) is 91.8 cm³/mol. The highest BCUT2D eigenvalue weighted by atomic mass is 35.5. The topological polar surface area (TPSA) is 75.4 Å². The number of piperidine rings is 1. The van der Waals surface area contributed by atoms with Crippen LogP contribution in [-0.4, -0.2) is 41.9 Å². The molecule has 1 rings (SSSR count). The number of halogens is 1. The summed E-state index contributed by atoms with van der Waals surface area (Å²) in [5.74, 6) is 0.563. The highest BCUT2D eigenvalue weighted by molar-refractivity contribution is 5.85. The lowest BCUT2D eigenvalue weighted by Gasteiger charge is -2.37. The normalized spacial score (nSPS) is 18.8. The van der Waals surface area contributed by atoms with E-state index in [-0.39, 0.29) is 47.5 Å². The Bertz CT molecular complexity index is 380. The Labute approximate surface area is 140 Å². The number of nitrogens with one attached hydrogen (secondary N) is 1. The zero-order chi connectivity index (χ0) is 16.2. The van der Waals surface area contributed by atoms with Crippen LogP contribution in [0.15, 0.2) is 0 Å². The maximum Gasteiger partial charge on any atom is 0.225 e. The number of amides is 2. The molecule has 0 spiro atoms. The Morgan fingerprint density at radius 1 is 1.23 bits per heavy atom. The molecule has 1 fully saturated rings. The van der Waals surface area contributed by atoms with Crippen molar-refractivity contribution in [3.05, 3.63) is 0 Å². The zero-order valence-electron chi connectivity index (χ0n) is 14.5.